The van der Waals surface area contributed by atoms with E-state index in [0.717, 1.165) is 23.0 Å². The van der Waals surface area contributed by atoms with E-state index >= 15 is 0 Å². The van der Waals surface area contributed by atoms with Gasteiger partial charge in [-0.3, -0.25) is 0 Å². The van der Waals surface area contributed by atoms with E-state index in [-0.39, 0.29) is 0 Å². The van der Waals surface area contributed by atoms with Crippen LogP contribution in [0.5, 0.6) is 5.75 Å². The Balaban J connectivity index is 2.01. The van der Waals surface area contributed by atoms with Crippen molar-refractivity contribution < 1.29 is 4.74 Å². The van der Waals surface area contributed by atoms with Gasteiger partial charge in [0.1, 0.15) is 5.75 Å². The second kappa shape index (κ2) is 3.97. The molecule has 84 valence electrons. The zero-order valence-electron chi connectivity index (χ0n) is 9.09. The van der Waals surface area contributed by atoms with Crippen LogP contribution in [0.25, 0.3) is 5.65 Å². The van der Waals surface area contributed by atoms with Crippen LogP contribution in [0.15, 0.2) is 18.3 Å². The average Bonchev–Trinajstić information content (AvgIpc) is 2.96. The van der Waals surface area contributed by atoms with Gasteiger partial charge in [-0.15, -0.1) is 0 Å². The number of rotatable bonds is 2. The molecule has 0 radical (unpaired) electrons. The topological polar surface area (TPSA) is 39.4 Å². The predicted octanol–water partition coefficient (Wildman–Crippen LogP) is 1.96. The van der Waals surface area contributed by atoms with Crippen molar-refractivity contribution in [2.45, 2.75) is 12.3 Å². The number of pyridine rings is 1. The van der Waals surface area contributed by atoms with Crippen LogP contribution in [0.2, 0.25) is 0 Å². The van der Waals surface area contributed by atoms with Gasteiger partial charge in [0.05, 0.1) is 7.11 Å². The summed E-state index contributed by atoms with van der Waals surface area (Å²) in [7, 11) is 1.66. The summed E-state index contributed by atoms with van der Waals surface area (Å²) in [5.41, 5.74) is 0.867. The fourth-order valence-corrected chi connectivity index (χ4v) is 3.14. The Bertz CT molecular complexity index is 505. The van der Waals surface area contributed by atoms with E-state index in [2.05, 4.69) is 10.1 Å². The zero-order chi connectivity index (χ0) is 11.0. The summed E-state index contributed by atoms with van der Waals surface area (Å²) in [6, 6.07) is 3.81. The van der Waals surface area contributed by atoms with Gasteiger partial charge in [0.25, 0.3) is 0 Å². The molecule has 16 heavy (non-hydrogen) atoms. The minimum atomic E-state index is 0.524. The second-order valence-electron chi connectivity index (χ2n) is 3.90. The minimum Gasteiger partial charge on any atom is -0.497 e. The summed E-state index contributed by atoms with van der Waals surface area (Å²) in [5, 5.41) is 4.51. The van der Waals surface area contributed by atoms with Crippen LogP contribution in [0.3, 0.4) is 0 Å². The Labute approximate surface area is 98.0 Å². The number of aromatic nitrogens is 3. The number of fused-ring (bicyclic) bond motifs is 1. The first-order valence-corrected chi connectivity index (χ1v) is 6.50. The summed E-state index contributed by atoms with van der Waals surface area (Å²) in [6.45, 7) is 0. The van der Waals surface area contributed by atoms with Gasteiger partial charge in [-0.25, -0.2) is 9.50 Å². The highest BCUT2D eigenvalue weighted by molar-refractivity contribution is 7.99. The van der Waals surface area contributed by atoms with E-state index in [4.69, 9.17) is 4.74 Å². The third kappa shape index (κ3) is 1.65. The summed E-state index contributed by atoms with van der Waals surface area (Å²) < 4.78 is 6.99. The van der Waals surface area contributed by atoms with E-state index in [0.29, 0.717) is 5.92 Å². The largest absolute Gasteiger partial charge is 0.497 e. The first-order chi connectivity index (χ1) is 7.86. The molecule has 0 aliphatic carbocycles. The third-order valence-electron chi connectivity index (χ3n) is 2.86. The maximum Gasteiger partial charge on any atom is 0.159 e. The lowest BCUT2D eigenvalue weighted by Gasteiger charge is -1.99. The minimum absolute atomic E-state index is 0.524. The number of ether oxygens (including phenoxy) is 1. The number of hydrogen-bond acceptors (Lipinski definition) is 4. The van der Waals surface area contributed by atoms with E-state index in [1.807, 2.05) is 34.6 Å². The molecule has 2 aromatic rings. The molecule has 0 spiro atoms. The monoisotopic (exact) mass is 235 g/mol. The highest BCUT2D eigenvalue weighted by Gasteiger charge is 2.21. The fourth-order valence-electron chi connectivity index (χ4n) is 1.92. The Morgan fingerprint density at radius 1 is 1.56 bits per heavy atom. The molecule has 4 nitrogen and oxygen atoms in total. The molecule has 3 heterocycles. The molecule has 3 rings (SSSR count). The third-order valence-corrected chi connectivity index (χ3v) is 4.02. The maximum atomic E-state index is 5.17. The van der Waals surface area contributed by atoms with Crippen molar-refractivity contribution in [2.75, 3.05) is 18.6 Å². The summed E-state index contributed by atoms with van der Waals surface area (Å²) >= 11 is 1.98. The Morgan fingerprint density at radius 3 is 3.25 bits per heavy atom. The normalized spacial score (nSPS) is 20.4. The van der Waals surface area contributed by atoms with E-state index in [1.165, 1.54) is 12.2 Å². The van der Waals surface area contributed by atoms with E-state index < -0.39 is 0 Å². The molecule has 1 aliphatic heterocycles. The predicted molar refractivity (Wildman–Crippen MR) is 64.2 cm³/mol. The molecule has 0 saturated carbocycles. The van der Waals surface area contributed by atoms with Gasteiger partial charge >= 0.3 is 0 Å². The molecule has 0 N–H and O–H groups in total. The first kappa shape index (κ1) is 9.96. The van der Waals surface area contributed by atoms with Crippen molar-refractivity contribution in [1.29, 1.82) is 0 Å². The number of hydrogen-bond donors (Lipinski definition) is 0. The molecule has 0 bridgehead atoms. The summed E-state index contributed by atoms with van der Waals surface area (Å²) in [6.07, 6.45) is 3.09. The lowest BCUT2D eigenvalue weighted by atomic mass is 10.1. The molecule has 0 aromatic carbocycles. The Hall–Kier alpha value is -1.23. The summed E-state index contributed by atoms with van der Waals surface area (Å²) in [5.74, 6) is 4.69. The Morgan fingerprint density at radius 2 is 2.50 bits per heavy atom. The lowest BCUT2D eigenvalue weighted by Crippen LogP contribution is -1.99. The molecule has 5 heteroatoms. The molecule has 1 atom stereocenters. The van der Waals surface area contributed by atoms with Gasteiger partial charge < -0.3 is 4.74 Å². The fraction of sp³-hybridized carbons (Fsp3) is 0.455. The molecule has 1 fully saturated rings. The van der Waals surface area contributed by atoms with Gasteiger partial charge in [0.2, 0.25) is 0 Å². The SMILES string of the molecule is COc1ccn2nc(C3CCSC3)nc2c1. The highest BCUT2D eigenvalue weighted by Crippen LogP contribution is 2.30. The Kier molecular flexibility index (Phi) is 2.47. The van der Waals surface area contributed by atoms with Crippen molar-refractivity contribution in [2.24, 2.45) is 0 Å². The molecule has 2 aromatic heterocycles. The standard InChI is InChI=1S/C11H13N3OS/c1-15-9-2-4-14-10(6-9)12-11(13-14)8-3-5-16-7-8/h2,4,6,8H,3,5,7H2,1H3. The molecule has 1 unspecified atom stereocenters. The molecular weight excluding hydrogens is 222 g/mol. The van der Waals surface area contributed by atoms with Gasteiger partial charge in [-0.2, -0.15) is 16.9 Å². The van der Waals surface area contributed by atoms with Crippen molar-refractivity contribution in [3.05, 3.63) is 24.2 Å². The second-order valence-corrected chi connectivity index (χ2v) is 5.05. The molecule has 0 amide bonds. The molecular formula is C11H13N3OS. The van der Waals surface area contributed by atoms with E-state index in [9.17, 15) is 0 Å². The van der Waals surface area contributed by atoms with Crippen LogP contribution < -0.4 is 4.74 Å². The van der Waals surface area contributed by atoms with Crippen LogP contribution in [0.4, 0.5) is 0 Å². The maximum absolute atomic E-state index is 5.17. The van der Waals surface area contributed by atoms with Crippen molar-refractivity contribution in [3.63, 3.8) is 0 Å². The number of thioether (sulfide) groups is 1. The van der Waals surface area contributed by atoms with Crippen LogP contribution in [-0.4, -0.2) is 33.2 Å². The van der Waals surface area contributed by atoms with Crippen LogP contribution in [-0.2, 0) is 0 Å². The van der Waals surface area contributed by atoms with Crippen molar-refractivity contribution in [3.8, 4) is 5.75 Å². The first-order valence-electron chi connectivity index (χ1n) is 5.35. The van der Waals surface area contributed by atoms with Crippen LogP contribution >= 0.6 is 11.8 Å². The smallest absolute Gasteiger partial charge is 0.159 e. The van der Waals surface area contributed by atoms with Gasteiger partial charge in [-0.1, -0.05) is 0 Å². The van der Waals surface area contributed by atoms with E-state index in [1.54, 1.807) is 7.11 Å². The van der Waals surface area contributed by atoms with Gasteiger partial charge in [-0.05, 0) is 18.2 Å². The highest BCUT2D eigenvalue weighted by atomic mass is 32.2. The van der Waals surface area contributed by atoms with Crippen molar-refractivity contribution in [1.82, 2.24) is 14.6 Å². The van der Waals surface area contributed by atoms with Crippen LogP contribution in [0.1, 0.15) is 18.2 Å². The molecule has 1 saturated heterocycles. The molecule has 1 aliphatic rings. The van der Waals surface area contributed by atoms with Crippen molar-refractivity contribution >= 4 is 17.4 Å². The lowest BCUT2D eigenvalue weighted by molar-refractivity contribution is 0.414. The van der Waals surface area contributed by atoms with Crippen LogP contribution in [0, 0.1) is 0 Å². The summed E-state index contributed by atoms with van der Waals surface area (Å²) in [4.78, 5) is 4.56. The van der Waals surface area contributed by atoms with Gasteiger partial charge in [0.15, 0.2) is 11.5 Å². The number of nitrogens with zero attached hydrogens (tertiary/aromatic N) is 3. The zero-order valence-corrected chi connectivity index (χ0v) is 9.91. The quantitative estimate of drug-likeness (QED) is 0.797. The van der Waals surface area contributed by atoms with Gasteiger partial charge in [0, 0.05) is 23.9 Å². The number of methoxy groups -OCH3 is 1. The average molecular weight is 235 g/mol.